The van der Waals surface area contributed by atoms with Crippen molar-refractivity contribution < 1.29 is 0 Å². The Kier molecular flexibility index (Phi) is 2.76. The number of rotatable bonds is 3. The van der Waals surface area contributed by atoms with Crippen LogP contribution in [0.15, 0.2) is 55.1 Å². The van der Waals surface area contributed by atoms with Crippen molar-refractivity contribution in [3.05, 3.63) is 66.2 Å². The largest absolute Gasteiger partial charge is 0.271 e. The molecule has 90 valence electrons. The first-order chi connectivity index (χ1) is 8.90. The molecule has 0 aliphatic rings. The van der Waals surface area contributed by atoms with E-state index in [-0.39, 0.29) is 6.04 Å². The van der Waals surface area contributed by atoms with Crippen LogP contribution in [0.5, 0.6) is 0 Å². The van der Waals surface area contributed by atoms with E-state index in [1.807, 2.05) is 47.2 Å². The minimum Gasteiger partial charge on any atom is -0.271 e. The van der Waals surface area contributed by atoms with Crippen molar-refractivity contribution >= 4 is 5.52 Å². The lowest BCUT2D eigenvalue weighted by Crippen LogP contribution is -2.28. The Morgan fingerprint density at radius 1 is 1.17 bits per heavy atom. The molecule has 0 amide bonds. The number of nitrogens with zero attached hydrogens (tertiary/aromatic N) is 3. The predicted molar refractivity (Wildman–Crippen MR) is 68.6 cm³/mol. The van der Waals surface area contributed by atoms with Gasteiger partial charge in [0.1, 0.15) is 0 Å². The molecular formula is C13H13N5. The first-order valence-corrected chi connectivity index (χ1v) is 5.68. The first kappa shape index (κ1) is 10.9. The second-order valence-electron chi connectivity index (χ2n) is 4.02. The molecule has 3 aromatic heterocycles. The molecular weight excluding hydrogens is 226 g/mol. The van der Waals surface area contributed by atoms with E-state index in [2.05, 4.69) is 15.5 Å². The first-order valence-electron chi connectivity index (χ1n) is 5.68. The molecule has 3 N–H and O–H groups in total. The van der Waals surface area contributed by atoms with Gasteiger partial charge < -0.3 is 0 Å². The van der Waals surface area contributed by atoms with Crippen LogP contribution in [-0.2, 0) is 0 Å². The fourth-order valence-corrected chi connectivity index (χ4v) is 2.09. The van der Waals surface area contributed by atoms with E-state index in [1.165, 1.54) is 0 Å². The van der Waals surface area contributed by atoms with Gasteiger partial charge in [-0.3, -0.25) is 10.8 Å². The van der Waals surface area contributed by atoms with Gasteiger partial charge in [-0.15, -0.1) is 0 Å². The standard InChI is InChI=1S/C13H13N5/c14-17-13(10-4-3-6-15-8-10)11-9-16-18-7-2-1-5-12(11)18/h1-9,13,17H,14H2. The van der Waals surface area contributed by atoms with Gasteiger partial charge in [0.05, 0.1) is 17.8 Å². The molecule has 18 heavy (non-hydrogen) atoms. The summed E-state index contributed by atoms with van der Waals surface area (Å²) in [5, 5.41) is 4.31. The van der Waals surface area contributed by atoms with Gasteiger partial charge in [-0.1, -0.05) is 12.1 Å². The van der Waals surface area contributed by atoms with E-state index in [1.54, 1.807) is 12.4 Å². The van der Waals surface area contributed by atoms with Gasteiger partial charge in [0, 0.05) is 24.2 Å². The normalized spacial score (nSPS) is 12.7. The molecule has 0 spiro atoms. The van der Waals surface area contributed by atoms with Gasteiger partial charge in [-0.2, -0.15) is 5.10 Å². The van der Waals surface area contributed by atoms with Crippen LogP contribution in [0.1, 0.15) is 17.2 Å². The Morgan fingerprint density at radius 2 is 2.11 bits per heavy atom. The molecule has 3 rings (SSSR count). The third-order valence-electron chi connectivity index (χ3n) is 2.95. The van der Waals surface area contributed by atoms with Crippen molar-refractivity contribution in [3.63, 3.8) is 0 Å². The van der Waals surface area contributed by atoms with Gasteiger partial charge in [0.2, 0.25) is 0 Å². The number of aromatic nitrogens is 3. The van der Waals surface area contributed by atoms with E-state index in [4.69, 9.17) is 5.84 Å². The van der Waals surface area contributed by atoms with Gasteiger partial charge in [0.15, 0.2) is 0 Å². The smallest absolute Gasteiger partial charge is 0.0761 e. The SMILES string of the molecule is NNC(c1cccnc1)c1cnn2ccccc12. The van der Waals surface area contributed by atoms with Crippen LogP contribution in [0.2, 0.25) is 0 Å². The number of pyridine rings is 2. The molecule has 0 fully saturated rings. The Morgan fingerprint density at radius 3 is 2.89 bits per heavy atom. The summed E-state index contributed by atoms with van der Waals surface area (Å²) in [5.41, 5.74) is 5.90. The van der Waals surface area contributed by atoms with Crippen molar-refractivity contribution in [3.8, 4) is 0 Å². The second kappa shape index (κ2) is 4.56. The highest BCUT2D eigenvalue weighted by Gasteiger charge is 2.16. The highest BCUT2D eigenvalue weighted by molar-refractivity contribution is 5.56. The summed E-state index contributed by atoms with van der Waals surface area (Å²) < 4.78 is 1.83. The van der Waals surface area contributed by atoms with Crippen LogP contribution in [0.25, 0.3) is 5.52 Å². The number of hydrogen-bond acceptors (Lipinski definition) is 4. The zero-order valence-electron chi connectivity index (χ0n) is 9.69. The maximum absolute atomic E-state index is 5.67. The third kappa shape index (κ3) is 1.75. The molecule has 0 saturated carbocycles. The number of hydrogen-bond donors (Lipinski definition) is 2. The highest BCUT2D eigenvalue weighted by atomic mass is 15.3. The van der Waals surface area contributed by atoms with Crippen molar-refractivity contribution in [1.82, 2.24) is 20.0 Å². The van der Waals surface area contributed by atoms with Crippen molar-refractivity contribution in [2.75, 3.05) is 0 Å². The summed E-state index contributed by atoms with van der Waals surface area (Å²) in [4.78, 5) is 4.12. The maximum Gasteiger partial charge on any atom is 0.0761 e. The summed E-state index contributed by atoms with van der Waals surface area (Å²) in [6, 6.07) is 9.72. The van der Waals surface area contributed by atoms with Gasteiger partial charge in [-0.05, 0) is 23.8 Å². The highest BCUT2D eigenvalue weighted by Crippen LogP contribution is 2.24. The predicted octanol–water partition coefficient (Wildman–Crippen LogP) is 1.28. The molecule has 3 heterocycles. The molecule has 0 aliphatic heterocycles. The van der Waals surface area contributed by atoms with E-state index < -0.39 is 0 Å². The van der Waals surface area contributed by atoms with Crippen LogP contribution in [0.4, 0.5) is 0 Å². The lowest BCUT2D eigenvalue weighted by Gasteiger charge is -2.14. The number of nitrogens with one attached hydrogen (secondary N) is 1. The van der Waals surface area contributed by atoms with Crippen LogP contribution < -0.4 is 11.3 Å². The van der Waals surface area contributed by atoms with Gasteiger partial charge >= 0.3 is 0 Å². The molecule has 5 nitrogen and oxygen atoms in total. The lowest BCUT2D eigenvalue weighted by atomic mass is 10.0. The molecule has 0 aliphatic carbocycles. The minimum absolute atomic E-state index is 0.112. The van der Waals surface area contributed by atoms with E-state index in [0.717, 1.165) is 16.6 Å². The number of hydrazine groups is 1. The van der Waals surface area contributed by atoms with Crippen LogP contribution in [0, 0.1) is 0 Å². The molecule has 5 heteroatoms. The lowest BCUT2D eigenvalue weighted by molar-refractivity contribution is 0.638. The van der Waals surface area contributed by atoms with E-state index in [9.17, 15) is 0 Å². The Labute approximate surface area is 104 Å². The van der Waals surface area contributed by atoms with Crippen molar-refractivity contribution in [2.24, 2.45) is 5.84 Å². The Balaban J connectivity index is 2.12. The number of fused-ring (bicyclic) bond motifs is 1. The fraction of sp³-hybridized carbons (Fsp3) is 0.0769. The van der Waals surface area contributed by atoms with Crippen LogP contribution >= 0.6 is 0 Å². The molecule has 0 bridgehead atoms. The minimum atomic E-state index is -0.112. The monoisotopic (exact) mass is 239 g/mol. The van der Waals surface area contributed by atoms with E-state index in [0.29, 0.717) is 0 Å². The molecule has 1 unspecified atom stereocenters. The van der Waals surface area contributed by atoms with Gasteiger partial charge in [-0.25, -0.2) is 9.94 Å². The summed E-state index contributed by atoms with van der Waals surface area (Å²) in [5.74, 6) is 5.67. The third-order valence-corrected chi connectivity index (χ3v) is 2.95. The summed E-state index contributed by atoms with van der Waals surface area (Å²) in [6.07, 6.45) is 7.28. The quantitative estimate of drug-likeness (QED) is 0.533. The molecule has 1 atom stereocenters. The molecule has 3 aromatic rings. The Bertz CT molecular complexity index is 647. The van der Waals surface area contributed by atoms with Crippen molar-refractivity contribution in [1.29, 1.82) is 0 Å². The average molecular weight is 239 g/mol. The second-order valence-corrected chi connectivity index (χ2v) is 4.02. The Hall–Kier alpha value is -2.24. The van der Waals surface area contributed by atoms with Crippen LogP contribution in [-0.4, -0.2) is 14.6 Å². The van der Waals surface area contributed by atoms with Gasteiger partial charge in [0.25, 0.3) is 0 Å². The summed E-state index contributed by atoms with van der Waals surface area (Å²) in [7, 11) is 0. The molecule has 0 saturated heterocycles. The summed E-state index contributed by atoms with van der Waals surface area (Å²) in [6.45, 7) is 0. The average Bonchev–Trinajstić information content (AvgIpc) is 2.85. The topological polar surface area (TPSA) is 68.2 Å². The number of nitrogens with two attached hydrogens (primary N) is 1. The maximum atomic E-state index is 5.67. The zero-order chi connectivity index (χ0) is 12.4. The van der Waals surface area contributed by atoms with Crippen LogP contribution in [0.3, 0.4) is 0 Å². The fourth-order valence-electron chi connectivity index (χ4n) is 2.09. The van der Waals surface area contributed by atoms with E-state index >= 15 is 0 Å². The van der Waals surface area contributed by atoms with Crippen molar-refractivity contribution in [2.45, 2.75) is 6.04 Å². The molecule has 0 aromatic carbocycles. The summed E-state index contributed by atoms with van der Waals surface area (Å²) >= 11 is 0. The molecule has 0 radical (unpaired) electrons. The zero-order valence-corrected chi connectivity index (χ0v) is 9.69.